The van der Waals surface area contributed by atoms with Crippen LogP contribution in [0, 0.1) is 5.82 Å². The molecule has 1 aromatic heterocycles. The number of anilines is 2. The highest BCUT2D eigenvalue weighted by Gasteiger charge is 2.09. The lowest BCUT2D eigenvalue weighted by Crippen LogP contribution is -1.98. The van der Waals surface area contributed by atoms with E-state index in [-0.39, 0.29) is 5.75 Å². The summed E-state index contributed by atoms with van der Waals surface area (Å²) in [6.07, 6.45) is 0.790. The number of aryl methyl sites for hydroxylation is 1. The van der Waals surface area contributed by atoms with Crippen molar-refractivity contribution in [3.05, 3.63) is 84.2 Å². The minimum absolute atomic E-state index is 0.157. The molecule has 0 amide bonds. The molecular formula is C24H21FN2O2. The van der Waals surface area contributed by atoms with E-state index in [9.17, 15) is 4.39 Å². The third kappa shape index (κ3) is 4.14. The Kier molecular flexibility index (Phi) is 5.29. The Morgan fingerprint density at radius 1 is 0.931 bits per heavy atom. The van der Waals surface area contributed by atoms with Crippen LogP contribution >= 0.6 is 0 Å². The average molecular weight is 388 g/mol. The fourth-order valence-corrected chi connectivity index (χ4v) is 3.14. The Bertz CT molecular complexity index is 1160. The molecule has 4 aromatic rings. The number of hydrogen-bond acceptors (Lipinski definition) is 4. The van der Waals surface area contributed by atoms with Crippen LogP contribution < -0.4 is 14.8 Å². The van der Waals surface area contributed by atoms with Gasteiger partial charge in [0.2, 0.25) is 0 Å². The van der Waals surface area contributed by atoms with Crippen molar-refractivity contribution in [2.45, 2.75) is 13.3 Å². The van der Waals surface area contributed by atoms with Crippen LogP contribution in [0.1, 0.15) is 12.5 Å². The normalized spacial score (nSPS) is 10.7. The standard InChI is InChI=1S/C24H21FN2O2/c1-3-16-14-19(29-23-12-10-18(28-2)15-20(23)25)9-11-22(16)27-24-13-8-17-6-4-5-7-21(17)26-24/h4-15H,3H2,1-2H3,(H,26,27). The summed E-state index contributed by atoms with van der Waals surface area (Å²) < 4.78 is 24.9. The lowest BCUT2D eigenvalue weighted by molar-refractivity contribution is 0.402. The second-order valence-corrected chi connectivity index (χ2v) is 6.59. The van der Waals surface area contributed by atoms with E-state index in [1.807, 2.05) is 54.6 Å². The van der Waals surface area contributed by atoms with E-state index < -0.39 is 5.82 Å². The Hall–Kier alpha value is -3.60. The number of nitrogens with one attached hydrogen (secondary N) is 1. The molecule has 0 aliphatic carbocycles. The number of aromatic nitrogens is 1. The first kappa shape index (κ1) is 18.7. The van der Waals surface area contributed by atoms with Crippen LogP contribution in [0.2, 0.25) is 0 Å². The molecule has 29 heavy (non-hydrogen) atoms. The zero-order valence-corrected chi connectivity index (χ0v) is 16.3. The molecule has 1 heterocycles. The maximum atomic E-state index is 14.2. The van der Waals surface area contributed by atoms with Crippen LogP contribution in [0.5, 0.6) is 17.2 Å². The summed E-state index contributed by atoms with van der Waals surface area (Å²) >= 11 is 0. The summed E-state index contributed by atoms with van der Waals surface area (Å²) in [5.41, 5.74) is 2.93. The Morgan fingerprint density at radius 2 is 1.76 bits per heavy atom. The van der Waals surface area contributed by atoms with Gasteiger partial charge in [-0.25, -0.2) is 9.37 Å². The van der Waals surface area contributed by atoms with Crippen molar-refractivity contribution < 1.29 is 13.9 Å². The highest BCUT2D eigenvalue weighted by Crippen LogP contribution is 2.31. The van der Waals surface area contributed by atoms with E-state index in [0.717, 1.165) is 34.4 Å². The highest BCUT2D eigenvalue weighted by atomic mass is 19.1. The quantitative estimate of drug-likeness (QED) is 0.410. The second kappa shape index (κ2) is 8.19. The van der Waals surface area contributed by atoms with Crippen molar-refractivity contribution in [3.8, 4) is 17.2 Å². The number of ether oxygens (including phenoxy) is 2. The molecular weight excluding hydrogens is 367 g/mol. The van der Waals surface area contributed by atoms with Gasteiger partial charge in [0.05, 0.1) is 12.6 Å². The van der Waals surface area contributed by atoms with Crippen LogP contribution in [0.25, 0.3) is 10.9 Å². The monoisotopic (exact) mass is 388 g/mol. The largest absolute Gasteiger partial charge is 0.497 e. The third-order valence-electron chi connectivity index (χ3n) is 4.69. The molecule has 0 aliphatic rings. The van der Waals surface area contributed by atoms with Crippen molar-refractivity contribution in [3.63, 3.8) is 0 Å². The number of pyridine rings is 1. The number of methoxy groups -OCH3 is 1. The van der Waals surface area contributed by atoms with Gasteiger partial charge >= 0.3 is 0 Å². The lowest BCUT2D eigenvalue weighted by Gasteiger charge is -2.14. The number of hydrogen-bond donors (Lipinski definition) is 1. The number of rotatable bonds is 6. The molecule has 146 valence electrons. The molecule has 0 unspecified atom stereocenters. The fraction of sp³-hybridized carbons (Fsp3) is 0.125. The minimum atomic E-state index is -0.468. The van der Waals surface area contributed by atoms with Gasteiger partial charge in [0.15, 0.2) is 11.6 Å². The van der Waals surface area contributed by atoms with E-state index in [1.165, 1.54) is 13.2 Å². The molecule has 0 aliphatic heterocycles. The van der Waals surface area contributed by atoms with E-state index in [1.54, 1.807) is 12.1 Å². The first-order valence-corrected chi connectivity index (χ1v) is 9.43. The van der Waals surface area contributed by atoms with E-state index >= 15 is 0 Å². The number of halogens is 1. The molecule has 0 atom stereocenters. The summed E-state index contributed by atoms with van der Waals surface area (Å²) in [7, 11) is 1.50. The number of fused-ring (bicyclic) bond motifs is 1. The zero-order valence-electron chi connectivity index (χ0n) is 16.3. The molecule has 0 spiro atoms. The highest BCUT2D eigenvalue weighted by molar-refractivity contribution is 5.81. The topological polar surface area (TPSA) is 43.4 Å². The van der Waals surface area contributed by atoms with Gasteiger partial charge in [-0.1, -0.05) is 25.1 Å². The van der Waals surface area contributed by atoms with Crippen molar-refractivity contribution in [2.75, 3.05) is 12.4 Å². The van der Waals surface area contributed by atoms with Crippen molar-refractivity contribution in [2.24, 2.45) is 0 Å². The van der Waals surface area contributed by atoms with Gasteiger partial charge in [-0.2, -0.15) is 0 Å². The van der Waals surface area contributed by atoms with Gasteiger partial charge in [-0.3, -0.25) is 0 Å². The predicted molar refractivity (Wildman–Crippen MR) is 114 cm³/mol. The van der Waals surface area contributed by atoms with E-state index in [0.29, 0.717) is 11.5 Å². The van der Waals surface area contributed by atoms with Crippen molar-refractivity contribution >= 4 is 22.4 Å². The van der Waals surface area contributed by atoms with Gasteiger partial charge in [-0.15, -0.1) is 0 Å². The second-order valence-electron chi connectivity index (χ2n) is 6.59. The number of nitrogens with zero attached hydrogens (tertiary/aromatic N) is 1. The molecule has 0 saturated carbocycles. The Morgan fingerprint density at radius 3 is 2.55 bits per heavy atom. The van der Waals surface area contributed by atoms with E-state index in [4.69, 9.17) is 9.47 Å². The summed E-state index contributed by atoms with van der Waals surface area (Å²) in [5, 5.41) is 4.47. The van der Waals surface area contributed by atoms with Crippen LogP contribution in [-0.2, 0) is 6.42 Å². The maximum absolute atomic E-state index is 14.2. The summed E-state index contributed by atoms with van der Waals surface area (Å²) in [6.45, 7) is 2.06. The van der Waals surface area contributed by atoms with Crippen LogP contribution in [0.15, 0.2) is 72.8 Å². The summed E-state index contributed by atoms with van der Waals surface area (Å²) in [5.74, 6) is 1.48. The molecule has 0 radical (unpaired) electrons. The SMILES string of the molecule is CCc1cc(Oc2ccc(OC)cc2F)ccc1Nc1ccc2ccccc2n1. The number of benzene rings is 3. The van der Waals surface area contributed by atoms with Crippen molar-refractivity contribution in [1.82, 2.24) is 4.98 Å². The molecule has 0 saturated heterocycles. The van der Waals surface area contributed by atoms with Crippen LogP contribution in [0.4, 0.5) is 15.9 Å². The Labute approximate surface area is 168 Å². The molecule has 0 bridgehead atoms. The molecule has 3 aromatic carbocycles. The molecule has 1 N–H and O–H groups in total. The van der Waals surface area contributed by atoms with Crippen LogP contribution in [0.3, 0.4) is 0 Å². The van der Waals surface area contributed by atoms with Crippen molar-refractivity contribution in [1.29, 1.82) is 0 Å². The average Bonchev–Trinajstić information content (AvgIpc) is 2.76. The summed E-state index contributed by atoms with van der Waals surface area (Å²) in [6, 6.07) is 22.2. The molecule has 4 nitrogen and oxygen atoms in total. The fourth-order valence-electron chi connectivity index (χ4n) is 3.14. The van der Waals surface area contributed by atoms with Crippen LogP contribution in [-0.4, -0.2) is 12.1 Å². The zero-order chi connectivity index (χ0) is 20.2. The van der Waals surface area contributed by atoms with Gasteiger partial charge in [0.25, 0.3) is 0 Å². The van der Waals surface area contributed by atoms with E-state index in [2.05, 4.69) is 17.2 Å². The molecule has 5 heteroatoms. The minimum Gasteiger partial charge on any atom is -0.497 e. The van der Waals surface area contributed by atoms with Gasteiger partial charge < -0.3 is 14.8 Å². The molecule has 4 rings (SSSR count). The van der Waals surface area contributed by atoms with Gasteiger partial charge in [0.1, 0.15) is 17.3 Å². The van der Waals surface area contributed by atoms with Gasteiger partial charge in [-0.05, 0) is 60.5 Å². The number of para-hydroxylation sites is 1. The summed E-state index contributed by atoms with van der Waals surface area (Å²) in [4.78, 5) is 4.66. The van der Waals surface area contributed by atoms with Gasteiger partial charge in [0, 0.05) is 17.1 Å². The maximum Gasteiger partial charge on any atom is 0.169 e. The lowest BCUT2D eigenvalue weighted by atomic mass is 10.1. The first-order chi connectivity index (χ1) is 14.2. The predicted octanol–water partition coefficient (Wildman–Crippen LogP) is 6.48. The third-order valence-corrected chi connectivity index (χ3v) is 4.69. The first-order valence-electron chi connectivity index (χ1n) is 9.43. The molecule has 0 fully saturated rings. The smallest absolute Gasteiger partial charge is 0.169 e. The Balaban J connectivity index is 1.57.